The minimum Gasteiger partial charge on any atom is -0.390 e. The van der Waals surface area contributed by atoms with Gasteiger partial charge in [0, 0.05) is 6.04 Å². The van der Waals surface area contributed by atoms with Crippen LogP contribution in [0, 0.1) is 0 Å². The number of hydrogen-bond acceptors (Lipinski definition) is 3. The van der Waals surface area contributed by atoms with Gasteiger partial charge in [0.1, 0.15) is 0 Å². The fourth-order valence-corrected chi connectivity index (χ4v) is 1.58. The van der Waals surface area contributed by atoms with E-state index in [1.165, 1.54) is 0 Å². The third-order valence-corrected chi connectivity index (χ3v) is 2.51. The lowest BCUT2D eigenvalue weighted by molar-refractivity contribution is 0.228. The average molecular weight is 184 g/mol. The Balaban J connectivity index is 2.44. The van der Waals surface area contributed by atoms with Crippen LogP contribution in [0.3, 0.4) is 0 Å². The summed E-state index contributed by atoms with van der Waals surface area (Å²) in [5.74, 6) is 0. The smallest absolute Gasteiger partial charge is 0.390 e. The van der Waals surface area contributed by atoms with E-state index in [2.05, 4.69) is 0 Å². The molecule has 1 aromatic carbocycles. The van der Waals surface area contributed by atoms with Gasteiger partial charge in [-0.1, -0.05) is 30.3 Å². The number of rotatable bonds is 3. The van der Waals surface area contributed by atoms with Crippen LogP contribution in [0.2, 0.25) is 6.04 Å². The highest BCUT2D eigenvalue weighted by Crippen LogP contribution is 2.06. The maximum Gasteiger partial charge on any atom is 0.493 e. The van der Waals surface area contributed by atoms with Crippen molar-refractivity contribution >= 4 is 8.80 Å². The Morgan fingerprint density at radius 2 is 1.58 bits per heavy atom. The van der Waals surface area contributed by atoms with Crippen molar-refractivity contribution in [3.63, 3.8) is 0 Å². The topological polar surface area (TPSA) is 60.7 Å². The molecule has 0 unspecified atom stereocenters. The summed E-state index contributed by atoms with van der Waals surface area (Å²) >= 11 is 0. The van der Waals surface area contributed by atoms with Crippen LogP contribution in [0.5, 0.6) is 0 Å². The highest BCUT2D eigenvalue weighted by Gasteiger charge is 2.25. The van der Waals surface area contributed by atoms with E-state index in [0.29, 0.717) is 6.42 Å². The molecule has 0 aliphatic carbocycles. The zero-order valence-electron chi connectivity index (χ0n) is 6.64. The molecule has 0 amide bonds. The SMILES string of the molecule is O[Si](O)(O)CCc1ccccc1. The van der Waals surface area contributed by atoms with Gasteiger partial charge >= 0.3 is 8.80 Å². The summed E-state index contributed by atoms with van der Waals surface area (Å²) in [5.41, 5.74) is 1.01. The van der Waals surface area contributed by atoms with E-state index in [0.717, 1.165) is 5.56 Å². The Labute approximate surface area is 72.3 Å². The molecule has 12 heavy (non-hydrogen) atoms. The molecule has 0 saturated carbocycles. The van der Waals surface area contributed by atoms with Gasteiger partial charge in [-0.2, -0.15) is 0 Å². The molecule has 66 valence electrons. The Morgan fingerprint density at radius 1 is 1.00 bits per heavy atom. The number of benzene rings is 1. The molecule has 0 saturated heterocycles. The Morgan fingerprint density at radius 3 is 2.08 bits per heavy atom. The molecule has 0 atom stereocenters. The molecule has 0 aliphatic rings. The minimum absolute atomic E-state index is 0.0665. The predicted octanol–water partition coefficient (Wildman–Crippen LogP) is 0.145. The molecule has 0 radical (unpaired) electrons. The first-order valence-corrected chi connectivity index (χ1v) is 5.84. The molecule has 1 rings (SSSR count). The molecule has 4 heteroatoms. The maximum absolute atomic E-state index is 8.73. The summed E-state index contributed by atoms with van der Waals surface area (Å²) in [6, 6.07) is 9.50. The molecule has 0 spiro atoms. The fraction of sp³-hybridized carbons (Fsp3) is 0.250. The van der Waals surface area contributed by atoms with Crippen molar-refractivity contribution < 1.29 is 14.4 Å². The van der Waals surface area contributed by atoms with E-state index in [4.69, 9.17) is 14.4 Å². The summed E-state index contributed by atoms with van der Waals surface area (Å²) < 4.78 is 0. The van der Waals surface area contributed by atoms with Gasteiger partial charge < -0.3 is 14.4 Å². The Kier molecular flexibility index (Phi) is 2.99. The lowest BCUT2D eigenvalue weighted by Crippen LogP contribution is -2.34. The van der Waals surface area contributed by atoms with Crippen molar-refractivity contribution in [2.24, 2.45) is 0 Å². The lowest BCUT2D eigenvalue weighted by atomic mass is 10.2. The normalized spacial score (nSPS) is 11.6. The number of aryl methyl sites for hydroxylation is 1. The van der Waals surface area contributed by atoms with Gasteiger partial charge in [-0.3, -0.25) is 0 Å². The van der Waals surface area contributed by atoms with E-state index in [-0.39, 0.29) is 6.04 Å². The van der Waals surface area contributed by atoms with Gasteiger partial charge in [-0.05, 0) is 12.0 Å². The summed E-state index contributed by atoms with van der Waals surface area (Å²) in [6.07, 6.45) is 0.510. The zero-order chi connectivity index (χ0) is 9.03. The van der Waals surface area contributed by atoms with Crippen molar-refractivity contribution in [3.8, 4) is 0 Å². The molecule has 3 N–H and O–H groups in total. The molecular weight excluding hydrogens is 172 g/mol. The summed E-state index contributed by atoms with van der Waals surface area (Å²) in [6.45, 7) is 0. The van der Waals surface area contributed by atoms with Gasteiger partial charge in [-0.15, -0.1) is 0 Å². The minimum atomic E-state index is -3.84. The van der Waals surface area contributed by atoms with Crippen molar-refractivity contribution in [2.45, 2.75) is 12.5 Å². The molecule has 0 fully saturated rings. The van der Waals surface area contributed by atoms with Gasteiger partial charge in [-0.25, -0.2) is 0 Å². The van der Waals surface area contributed by atoms with Gasteiger partial charge in [0.25, 0.3) is 0 Å². The number of hydrogen-bond donors (Lipinski definition) is 3. The standard InChI is InChI=1S/C8H12O3Si/c9-12(10,11)7-6-8-4-2-1-3-5-8/h1-5,9-11H,6-7H2. The first kappa shape index (κ1) is 9.41. The molecule has 0 bridgehead atoms. The molecular formula is C8H12O3Si. The van der Waals surface area contributed by atoms with E-state index >= 15 is 0 Å². The maximum atomic E-state index is 8.73. The van der Waals surface area contributed by atoms with Gasteiger partial charge in [0.2, 0.25) is 0 Å². The van der Waals surface area contributed by atoms with Crippen LogP contribution >= 0.6 is 0 Å². The van der Waals surface area contributed by atoms with Crippen molar-refractivity contribution in [1.29, 1.82) is 0 Å². The van der Waals surface area contributed by atoms with E-state index in [1.807, 2.05) is 30.3 Å². The van der Waals surface area contributed by atoms with Gasteiger partial charge in [0.05, 0.1) is 0 Å². The van der Waals surface area contributed by atoms with E-state index < -0.39 is 8.80 Å². The third-order valence-electron chi connectivity index (χ3n) is 1.59. The molecule has 0 aromatic heterocycles. The average Bonchev–Trinajstić information content (AvgIpc) is 2.02. The fourth-order valence-electron chi connectivity index (χ4n) is 0.957. The van der Waals surface area contributed by atoms with Crippen LogP contribution in [0.15, 0.2) is 30.3 Å². The summed E-state index contributed by atoms with van der Waals surface area (Å²) in [4.78, 5) is 26.2. The van der Waals surface area contributed by atoms with Crippen LogP contribution < -0.4 is 0 Å². The predicted molar refractivity (Wildman–Crippen MR) is 47.4 cm³/mol. The third kappa shape index (κ3) is 3.63. The molecule has 0 heterocycles. The Bertz CT molecular complexity index is 230. The second-order valence-corrected chi connectivity index (χ2v) is 4.81. The van der Waals surface area contributed by atoms with E-state index in [9.17, 15) is 0 Å². The molecule has 1 aromatic rings. The monoisotopic (exact) mass is 184 g/mol. The molecule has 3 nitrogen and oxygen atoms in total. The quantitative estimate of drug-likeness (QED) is 0.586. The highest BCUT2D eigenvalue weighted by atomic mass is 28.4. The first-order valence-electron chi connectivity index (χ1n) is 3.79. The summed E-state index contributed by atoms with van der Waals surface area (Å²) in [5, 5.41) is 0. The van der Waals surface area contributed by atoms with Crippen LogP contribution in [-0.2, 0) is 6.42 Å². The van der Waals surface area contributed by atoms with Crippen molar-refractivity contribution in [2.75, 3.05) is 0 Å². The van der Waals surface area contributed by atoms with Crippen molar-refractivity contribution in [3.05, 3.63) is 35.9 Å². The largest absolute Gasteiger partial charge is 0.493 e. The van der Waals surface area contributed by atoms with Crippen LogP contribution in [-0.4, -0.2) is 23.2 Å². The second kappa shape index (κ2) is 3.82. The first-order chi connectivity index (χ1) is 5.58. The highest BCUT2D eigenvalue weighted by molar-refractivity contribution is 6.56. The lowest BCUT2D eigenvalue weighted by Gasteiger charge is -2.08. The summed E-state index contributed by atoms with van der Waals surface area (Å²) in [7, 11) is -3.84. The van der Waals surface area contributed by atoms with E-state index in [1.54, 1.807) is 0 Å². The van der Waals surface area contributed by atoms with Crippen LogP contribution in [0.1, 0.15) is 5.56 Å². The second-order valence-electron chi connectivity index (χ2n) is 2.76. The Hall–Kier alpha value is -0.683. The zero-order valence-corrected chi connectivity index (χ0v) is 7.64. The van der Waals surface area contributed by atoms with Crippen molar-refractivity contribution in [1.82, 2.24) is 0 Å². The van der Waals surface area contributed by atoms with Crippen LogP contribution in [0.25, 0.3) is 0 Å². The molecule has 0 aliphatic heterocycles. The van der Waals surface area contributed by atoms with Crippen LogP contribution in [0.4, 0.5) is 0 Å². The van der Waals surface area contributed by atoms with Gasteiger partial charge in [0.15, 0.2) is 0 Å².